The zero-order valence-electron chi connectivity index (χ0n) is 48.2. The average Bonchev–Trinajstić information content (AvgIpc) is 3.95. The van der Waals surface area contributed by atoms with E-state index >= 15 is 0 Å². The number of rotatable bonds is 5. The fraction of sp³-hybridized carbons (Fsp3) is 0.333. The molecule has 3 heterocycles. The van der Waals surface area contributed by atoms with Gasteiger partial charge in [-0.05, 0) is 193 Å². The van der Waals surface area contributed by atoms with E-state index in [-0.39, 0.29) is 39.2 Å². The van der Waals surface area contributed by atoms with Crippen molar-refractivity contribution in [3.8, 4) is 0 Å². The van der Waals surface area contributed by atoms with Crippen LogP contribution in [-0.4, -0.2) is 6.71 Å². The summed E-state index contributed by atoms with van der Waals surface area (Å²) in [6.07, 6.45) is 4.68. The summed E-state index contributed by atoms with van der Waals surface area (Å²) in [7, 11) is 0. The van der Waals surface area contributed by atoms with Crippen molar-refractivity contribution in [2.45, 2.75) is 155 Å². The van der Waals surface area contributed by atoms with Gasteiger partial charge in [-0.1, -0.05) is 170 Å². The minimum Gasteiger partial charge on any atom is -0.311 e. The Balaban J connectivity index is 1.14. The number of benzene rings is 8. The molecule has 0 unspecified atom stereocenters. The molecule has 0 spiro atoms. The van der Waals surface area contributed by atoms with Gasteiger partial charge in [0, 0.05) is 71.4 Å². The Morgan fingerprint density at radius 2 is 0.883 bits per heavy atom. The van der Waals surface area contributed by atoms with Crippen LogP contribution in [0.5, 0.6) is 0 Å². The lowest BCUT2D eigenvalue weighted by atomic mass is 9.33. The van der Waals surface area contributed by atoms with Gasteiger partial charge in [0.05, 0.1) is 0 Å². The molecule has 0 radical (unpaired) electrons. The predicted octanol–water partition coefficient (Wildman–Crippen LogP) is 18.9. The monoisotopic (exact) mass is 1030 g/mol. The zero-order valence-corrected chi connectivity index (χ0v) is 49.0. The predicted molar refractivity (Wildman–Crippen MR) is 336 cm³/mol. The molecular formula is C72H76BN3S. The van der Waals surface area contributed by atoms with Gasteiger partial charge in [0.2, 0.25) is 0 Å². The highest BCUT2D eigenvalue weighted by atomic mass is 32.1. The maximum absolute atomic E-state index is 2.72. The molecule has 2 aliphatic carbocycles. The molecule has 0 bridgehead atoms. The summed E-state index contributed by atoms with van der Waals surface area (Å²) in [4.78, 5) is 7.82. The Bertz CT molecular complexity index is 3820. The first kappa shape index (κ1) is 50.0. The van der Waals surface area contributed by atoms with Crippen molar-refractivity contribution in [1.29, 1.82) is 0 Å². The lowest BCUT2D eigenvalue weighted by Crippen LogP contribution is -2.62. The average molecular weight is 1030 g/mol. The number of anilines is 9. The first-order valence-electron chi connectivity index (χ1n) is 28.5. The molecular weight excluding hydrogens is 950 g/mol. The smallest absolute Gasteiger partial charge is 0.252 e. The highest BCUT2D eigenvalue weighted by molar-refractivity contribution is 7.25. The maximum atomic E-state index is 2.72. The van der Waals surface area contributed by atoms with Crippen molar-refractivity contribution < 1.29 is 0 Å². The summed E-state index contributed by atoms with van der Waals surface area (Å²) in [5.41, 5.74) is 23.8. The first-order valence-corrected chi connectivity index (χ1v) is 29.4. The van der Waals surface area contributed by atoms with Crippen molar-refractivity contribution in [3.05, 3.63) is 191 Å². The van der Waals surface area contributed by atoms with Crippen LogP contribution in [0.4, 0.5) is 51.2 Å². The molecule has 0 amide bonds. The lowest BCUT2D eigenvalue weighted by molar-refractivity contribution is 0.332. The Morgan fingerprint density at radius 3 is 1.45 bits per heavy atom. The van der Waals surface area contributed by atoms with Crippen LogP contribution >= 0.6 is 11.3 Å². The van der Waals surface area contributed by atoms with Gasteiger partial charge in [-0.2, -0.15) is 0 Å². The molecule has 0 fully saturated rings. The molecule has 9 aromatic rings. The van der Waals surface area contributed by atoms with Crippen molar-refractivity contribution in [3.63, 3.8) is 0 Å². The molecule has 77 heavy (non-hydrogen) atoms. The van der Waals surface area contributed by atoms with Gasteiger partial charge < -0.3 is 14.7 Å². The van der Waals surface area contributed by atoms with Crippen molar-refractivity contribution >= 4 is 106 Å². The van der Waals surface area contributed by atoms with E-state index in [0.717, 1.165) is 29.9 Å². The molecule has 13 rings (SSSR count). The van der Waals surface area contributed by atoms with Gasteiger partial charge in [-0.25, -0.2) is 0 Å². The Labute approximate surface area is 464 Å². The third kappa shape index (κ3) is 7.94. The SMILES string of the molecule is CC(C)(C)c1cc2c3c(c1)N(c1ccc4c(c1)C(C)(C)CCC4(C)C)c1cc4c(cc1B3c1ccc(N(c3ccccc3)c3ccccc3)cc1N2c1ccc2c(c1)sc1cc(C(C)(C)C)ccc12)C(C)(C)CCC4(C)C. The third-order valence-corrected chi connectivity index (χ3v) is 20.0. The van der Waals surface area contributed by atoms with Crippen LogP contribution < -0.4 is 31.1 Å². The van der Waals surface area contributed by atoms with Gasteiger partial charge in [0.1, 0.15) is 0 Å². The van der Waals surface area contributed by atoms with Crippen molar-refractivity contribution in [2.75, 3.05) is 14.7 Å². The van der Waals surface area contributed by atoms with Gasteiger partial charge in [-0.3, -0.25) is 0 Å². The number of hydrogen-bond acceptors (Lipinski definition) is 4. The van der Waals surface area contributed by atoms with Crippen LogP contribution in [-0.2, 0) is 32.5 Å². The number of nitrogens with zero attached hydrogens (tertiary/aromatic N) is 3. The number of para-hydroxylation sites is 2. The number of thiophene rings is 1. The van der Waals surface area contributed by atoms with Gasteiger partial charge in [-0.15, -0.1) is 11.3 Å². The molecule has 3 nitrogen and oxygen atoms in total. The van der Waals surface area contributed by atoms with Crippen LogP contribution in [0.2, 0.25) is 0 Å². The largest absolute Gasteiger partial charge is 0.311 e. The molecule has 0 saturated carbocycles. The second-order valence-electron chi connectivity index (χ2n) is 28.0. The fourth-order valence-corrected chi connectivity index (χ4v) is 15.0. The van der Waals surface area contributed by atoms with Gasteiger partial charge >= 0.3 is 0 Å². The summed E-state index contributed by atoms with van der Waals surface area (Å²) in [6, 6.07) is 61.8. The Hall–Kier alpha value is -6.56. The highest BCUT2D eigenvalue weighted by Crippen LogP contribution is 2.54. The summed E-state index contributed by atoms with van der Waals surface area (Å²) >= 11 is 1.93. The lowest BCUT2D eigenvalue weighted by Gasteiger charge is -2.48. The highest BCUT2D eigenvalue weighted by Gasteiger charge is 2.48. The van der Waals surface area contributed by atoms with Crippen LogP contribution in [0.1, 0.15) is 156 Å². The summed E-state index contributed by atoms with van der Waals surface area (Å²) in [5, 5.41) is 2.65. The minimum absolute atomic E-state index is 0.0227. The van der Waals surface area contributed by atoms with E-state index in [9.17, 15) is 0 Å². The van der Waals surface area contributed by atoms with Crippen molar-refractivity contribution in [2.24, 2.45) is 0 Å². The number of hydrogen-bond donors (Lipinski definition) is 0. The molecule has 0 atom stereocenters. The van der Waals surface area contributed by atoms with E-state index in [1.165, 1.54) is 117 Å². The molecule has 1 aromatic heterocycles. The van der Waals surface area contributed by atoms with Crippen LogP contribution in [0.3, 0.4) is 0 Å². The molecule has 388 valence electrons. The zero-order chi connectivity index (χ0) is 53.9. The van der Waals surface area contributed by atoms with E-state index < -0.39 is 0 Å². The number of fused-ring (bicyclic) bond motifs is 9. The standard InChI is InChI=1S/C72H76BN3S/c1-67(2,3)45-25-29-52-53-30-26-51(42-65(53)77-64(52)39-45)76-60-41-50(74(47-21-17-15-18-22-47)48-23-19-16-20-24-48)28-32-58(60)73-59-43-56-57(72(13,14)36-35-71(56,11)12)44-61(59)75(62-37-46(68(4,5)6)38-63(76)66(62)73)49-27-31-54-55(40-49)70(9,10)34-33-69(54,7)8/h15-32,37-44H,33-36H2,1-14H3. The van der Waals surface area contributed by atoms with Crippen LogP contribution in [0, 0.1) is 0 Å². The van der Waals surface area contributed by atoms with Crippen molar-refractivity contribution in [1.82, 2.24) is 0 Å². The maximum Gasteiger partial charge on any atom is 0.252 e. The normalized spacial score (nSPS) is 17.6. The first-order chi connectivity index (χ1) is 36.4. The summed E-state index contributed by atoms with van der Waals surface area (Å²) in [6.45, 7) is 34.0. The fourth-order valence-electron chi connectivity index (χ4n) is 13.9. The van der Waals surface area contributed by atoms with E-state index in [1.54, 1.807) is 0 Å². The van der Waals surface area contributed by atoms with E-state index in [2.05, 4.69) is 269 Å². The third-order valence-electron chi connectivity index (χ3n) is 18.9. The van der Waals surface area contributed by atoms with E-state index in [0.29, 0.717) is 0 Å². The van der Waals surface area contributed by atoms with Crippen LogP contribution in [0.15, 0.2) is 158 Å². The molecule has 2 aliphatic heterocycles. The molecule has 0 N–H and O–H groups in total. The topological polar surface area (TPSA) is 9.72 Å². The van der Waals surface area contributed by atoms with Gasteiger partial charge in [0.15, 0.2) is 0 Å². The van der Waals surface area contributed by atoms with Crippen LogP contribution in [0.25, 0.3) is 20.2 Å². The van der Waals surface area contributed by atoms with E-state index in [4.69, 9.17) is 0 Å². The van der Waals surface area contributed by atoms with Gasteiger partial charge in [0.25, 0.3) is 6.71 Å². The molecule has 0 saturated heterocycles. The summed E-state index contributed by atoms with van der Waals surface area (Å²) < 4.78 is 2.65. The summed E-state index contributed by atoms with van der Waals surface area (Å²) in [5.74, 6) is 0. The second kappa shape index (κ2) is 17.0. The Morgan fingerprint density at radius 1 is 0.403 bits per heavy atom. The quantitative estimate of drug-likeness (QED) is 0.159. The Kier molecular flexibility index (Phi) is 11.0. The second-order valence-corrected chi connectivity index (χ2v) is 29.1. The molecule has 8 aromatic carbocycles. The molecule has 4 aliphatic rings. The van der Waals surface area contributed by atoms with E-state index in [1.807, 2.05) is 11.3 Å². The minimum atomic E-state index is -0.151. The molecule has 5 heteroatoms.